The van der Waals surface area contributed by atoms with Crippen LogP contribution in [0.3, 0.4) is 0 Å². The van der Waals surface area contributed by atoms with E-state index in [4.69, 9.17) is 28.3 Å². The molecule has 2 heterocycles. The molecule has 10 heteroatoms. The molecule has 0 aromatic carbocycles. The third-order valence-electron chi connectivity index (χ3n) is 2.57. The first-order valence-corrected chi connectivity index (χ1v) is 7.72. The number of carbonyl (C=O) groups excluding carboxylic acids is 1. The van der Waals surface area contributed by atoms with Crippen LogP contribution in [-0.2, 0) is 14.8 Å². The van der Waals surface area contributed by atoms with Gasteiger partial charge in [-0.3, -0.25) is 9.69 Å². The summed E-state index contributed by atoms with van der Waals surface area (Å²) in [4.78, 5) is 20.9. The lowest BCUT2D eigenvalue weighted by Gasteiger charge is -2.14. The number of halogens is 2. The van der Waals surface area contributed by atoms with Crippen LogP contribution in [-0.4, -0.2) is 36.6 Å². The van der Waals surface area contributed by atoms with E-state index in [9.17, 15) is 13.2 Å². The zero-order chi connectivity index (χ0) is 14.2. The second kappa shape index (κ2) is 5.20. The minimum atomic E-state index is -3.62. The molecule has 2 rings (SSSR count). The van der Waals surface area contributed by atoms with Gasteiger partial charge in [-0.15, -0.1) is 0 Å². The molecule has 1 amide bonds. The second-order valence-corrected chi connectivity index (χ2v) is 6.65. The summed E-state index contributed by atoms with van der Waals surface area (Å²) in [5.74, 6) is -0.862. The van der Waals surface area contributed by atoms with Gasteiger partial charge < -0.3 is 0 Å². The van der Waals surface area contributed by atoms with Crippen molar-refractivity contribution in [1.82, 2.24) is 9.97 Å². The zero-order valence-corrected chi connectivity index (χ0v) is 11.9. The maximum atomic E-state index is 11.8. The Morgan fingerprint density at radius 3 is 2.47 bits per heavy atom. The summed E-state index contributed by atoms with van der Waals surface area (Å²) < 4.78 is 22.0. The van der Waals surface area contributed by atoms with E-state index in [1.165, 1.54) is 11.0 Å². The topological polar surface area (TPSA) is 106 Å². The number of hydrogen-bond donors (Lipinski definition) is 1. The number of nitrogens with two attached hydrogens (primary N) is 1. The summed E-state index contributed by atoms with van der Waals surface area (Å²) in [6.07, 6.45) is 0.0733. The molecule has 1 saturated heterocycles. The van der Waals surface area contributed by atoms with Crippen molar-refractivity contribution in [2.24, 2.45) is 11.1 Å². The van der Waals surface area contributed by atoms with Crippen LogP contribution in [0.1, 0.15) is 6.42 Å². The average molecular weight is 325 g/mol. The van der Waals surface area contributed by atoms with E-state index in [-0.39, 0.29) is 46.8 Å². The predicted molar refractivity (Wildman–Crippen MR) is 70.5 cm³/mol. The van der Waals surface area contributed by atoms with E-state index in [2.05, 4.69) is 9.97 Å². The van der Waals surface area contributed by atoms with E-state index in [0.29, 0.717) is 0 Å². The van der Waals surface area contributed by atoms with Crippen LogP contribution in [0.5, 0.6) is 0 Å². The zero-order valence-electron chi connectivity index (χ0n) is 9.58. The highest BCUT2D eigenvalue weighted by atomic mass is 35.5. The van der Waals surface area contributed by atoms with Gasteiger partial charge in [0.1, 0.15) is 10.3 Å². The molecule has 104 valence electrons. The quantitative estimate of drug-likeness (QED) is 0.811. The van der Waals surface area contributed by atoms with Gasteiger partial charge in [0, 0.05) is 24.9 Å². The Labute approximate surface area is 119 Å². The minimum absolute atomic E-state index is 0.0689. The first-order chi connectivity index (χ1) is 8.74. The molecule has 1 atom stereocenters. The first-order valence-electron chi connectivity index (χ1n) is 5.25. The first kappa shape index (κ1) is 14.4. The van der Waals surface area contributed by atoms with Gasteiger partial charge in [0.15, 0.2) is 0 Å². The molecule has 0 saturated carbocycles. The van der Waals surface area contributed by atoms with E-state index in [1.54, 1.807) is 0 Å². The second-order valence-electron chi connectivity index (χ2n) is 4.22. The normalized spacial score (nSPS) is 20.1. The van der Waals surface area contributed by atoms with Crippen molar-refractivity contribution in [2.75, 3.05) is 17.2 Å². The Kier molecular flexibility index (Phi) is 3.95. The average Bonchev–Trinajstić information content (AvgIpc) is 2.54. The fourth-order valence-corrected chi connectivity index (χ4v) is 3.21. The monoisotopic (exact) mass is 324 g/mol. The molecule has 2 N–H and O–H groups in total. The molecule has 1 aliphatic rings. The number of amides is 1. The van der Waals surface area contributed by atoms with Crippen LogP contribution in [0.25, 0.3) is 0 Å². The number of anilines is 1. The molecule has 1 aromatic heterocycles. The van der Waals surface area contributed by atoms with Crippen molar-refractivity contribution in [3.63, 3.8) is 0 Å². The molecule has 1 aromatic rings. The van der Waals surface area contributed by atoms with Crippen LogP contribution in [0, 0.1) is 5.92 Å². The number of primary sulfonamides is 1. The summed E-state index contributed by atoms with van der Waals surface area (Å²) in [6, 6.07) is 1.34. The minimum Gasteiger partial charge on any atom is -0.280 e. The van der Waals surface area contributed by atoms with Gasteiger partial charge in [-0.05, 0) is 0 Å². The molecular weight excluding hydrogens is 315 g/mol. The molecule has 1 aliphatic heterocycles. The molecule has 1 fully saturated rings. The highest BCUT2D eigenvalue weighted by molar-refractivity contribution is 7.89. The van der Waals surface area contributed by atoms with Crippen molar-refractivity contribution < 1.29 is 13.2 Å². The van der Waals surface area contributed by atoms with E-state index in [0.717, 1.165) is 0 Å². The Morgan fingerprint density at radius 2 is 1.95 bits per heavy atom. The molecule has 1 unspecified atom stereocenters. The number of sulfonamides is 1. The maximum absolute atomic E-state index is 11.8. The van der Waals surface area contributed by atoms with Gasteiger partial charge in [0.25, 0.3) is 0 Å². The summed E-state index contributed by atoms with van der Waals surface area (Å²) in [5, 5.41) is 5.18. The highest BCUT2D eigenvalue weighted by Crippen LogP contribution is 2.25. The van der Waals surface area contributed by atoms with Crippen molar-refractivity contribution in [3.05, 3.63) is 16.4 Å². The molecule has 0 aliphatic carbocycles. The van der Waals surface area contributed by atoms with Gasteiger partial charge in [-0.2, -0.15) is 0 Å². The molecule has 19 heavy (non-hydrogen) atoms. The summed E-state index contributed by atoms with van der Waals surface area (Å²) in [5.41, 5.74) is 0. The molecule has 7 nitrogen and oxygen atoms in total. The van der Waals surface area contributed by atoms with Gasteiger partial charge in [-0.25, -0.2) is 23.5 Å². The van der Waals surface area contributed by atoms with Gasteiger partial charge in [-0.1, -0.05) is 23.2 Å². The van der Waals surface area contributed by atoms with E-state index < -0.39 is 10.0 Å². The molecular formula is C9H10Cl2N4O3S. The lowest BCUT2D eigenvalue weighted by molar-refractivity contribution is -0.117. The number of hydrogen-bond acceptors (Lipinski definition) is 5. The fourth-order valence-electron chi connectivity index (χ4n) is 1.91. The Hall–Kier alpha value is -0.960. The van der Waals surface area contributed by atoms with Crippen LogP contribution in [0.2, 0.25) is 10.3 Å². The van der Waals surface area contributed by atoms with Crippen LogP contribution in [0.15, 0.2) is 6.07 Å². The standard InChI is InChI=1S/C9H10Cl2N4O3S/c10-6-2-7(11)14-9(13-6)15-3-5(1-8(15)16)4-19(12,17)18/h2,5H,1,3-4H2,(H2,12,17,18). The van der Waals surface area contributed by atoms with E-state index in [1.807, 2.05) is 0 Å². The molecule has 0 spiro atoms. The van der Waals surface area contributed by atoms with Crippen LogP contribution < -0.4 is 10.0 Å². The number of aromatic nitrogens is 2. The van der Waals surface area contributed by atoms with Crippen LogP contribution >= 0.6 is 23.2 Å². The molecule has 0 bridgehead atoms. The third-order valence-corrected chi connectivity index (χ3v) is 3.89. The number of nitrogens with zero attached hydrogens (tertiary/aromatic N) is 3. The van der Waals surface area contributed by atoms with Crippen molar-refractivity contribution in [3.8, 4) is 0 Å². The SMILES string of the molecule is NS(=O)(=O)CC1CC(=O)N(c2nc(Cl)cc(Cl)n2)C1. The summed E-state index contributed by atoms with van der Waals surface area (Å²) in [6.45, 7) is 0.173. The predicted octanol–water partition coefficient (Wildman–Crippen LogP) is 0.425. The number of rotatable bonds is 3. The van der Waals surface area contributed by atoms with Crippen molar-refractivity contribution in [2.45, 2.75) is 6.42 Å². The smallest absolute Gasteiger partial charge is 0.234 e. The fraction of sp³-hybridized carbons (Fsp3) is 0.444. The van der Waals surface area contributed by atoms with Gasteiger partial charge in [0.2, 0.25) is 21.9 Å². The van der Waals surface area contributed by atoms with Crippen LogP contribution in [0.4, 0.5) is 5.95 Å². The lowest BCUT2D eigenvalue weighted by atomic mass is 10.1. The summed E-state index contributed by atoms with van der Waals surface area (Å²) in [7, 11) is -3.62. The highest BCUT2D eigenvalue weighted by Gasteiger charge is 2.34. The lowest BCUT2D eigenvalue weighted by Crippen LogP contribution is -2.28. The third kappa shape index (κ3) is 3.75. The maximum Gasteiger partial charge on any atom is 0.234 e. The molecule has 0 radical (unpaired) electrons. The largest absolute Gasteiger partial charge is 0.280 e. The Balaban J connectivity index is 2.20. The Bertz CT molecular complexity index is 602. The summed E-state index contributed by atoms with van der Waals surface area (Å²) >= 11 is 11.5. The van der Waals surface area contributed by atoms with Gasteiger partial charge in [0.05, 0.1) is 5.75 Å². The van der Waals surface area contributed by atoms with E-state index >= 15 is 0 Å². The van der Waals surface area contributed by atoms with Crippen molar-refractivity contribution >= 4 is 45.1 Å². The van der Waals surface area contributed by atoms with Gasteiger partial charge >= 0.3 is 0 Å². The number of carbonyl (C=O) groups is 1. The van der Waals surface area contributed by atoms with Crippen molar-refractivity contribution in [1.29, 1.82) is 0 Å². The Morgan fingerprint density at radius 1 is 1.37 bits per heavy atom.